The van der Waals surface area contributed by atoms with E-state index in [1.807, 2.05) is 0 Å². The zero-order chi connectivity index (χ0) is 9.61. The molecular weight excluding hydrogens is 164 g/mol. The van der Waals surface area contributed by atoms with Crippen LogP contribution in [0.15, 0.2) is 0 Å². The number of rotatable bonds is 5. The molecule has 0 aromatic carbocycles. The Labute approximate surface area is 82.5 Å². The molecule has 74 valence electrons. The molecule has 0 bridgehead atoms. The molecule has 0 aliphatic heterocycles. The number of unbranched alkanes of at least 4 members (excludes halogenated alkanes) is 1. The van der Waals surface area contributed by atoms with Crippen LogP contribution >= 0.6 is 11.8 Å². The van der Waals surface area contributed by atoms with Crippen molar-refractivity contribution in [1.82, 2.24) is 0 Å². The van der Waals surface area contributed by atoms with Gasteiger partial charge in [0.05, 0.1) is 0 Å². The van der Waals surface area contributed by atoms with Crippen molar-refractivity contribution in [3.63, 3.8) is 0 Å². The van der Waals surface area contributed by atoms with Gasteiger partial charge in [-0.15, -0.1) is 0 Å². The minimum atomic E-state index is 0.456. The maximum absolute atomic E-state index is 2.30. The third-order valence-corrected chi connectivity index (χ3v) is 3.07. The lowest BCUT2D eigenvalue weighted by molar-refractivity contribution is 0.551. The molecule has 0 fully saturated rings. The quantitative estimate of drug-likeness (QED) is 0.578. The summed E-state index contributed by atoms with van der Waals surface area (Å²) >= 11 is 2.09. The van der Waals surface area contributed by atoms with Gasteiger partial charge in [-0.05, 0) is 18.1 Å². The second kappa shape index (κ2) is 5.90. The Morgan fingerprint density at radius 2 is 1.67 bits per heavy atom. The van der Waals surface area contributed by atoms with E-state index in [0.717, 1.165) is 5.92 Å². The van der Waals surface area contributed by atoms with Gasteiger partial charge in [-0.2, -0.15) is 11.8 Å². The Balaban J connectivity index is 3.12. The van der Waals surface area contributed by atoms with Gasteiger partial charge in [0.15, 0.2) is 0 Å². The van der Waals surface area contributed by atoms with Crippen LogP contribution in [0.2, 0.25) is 0 Å². The summed E-state index contributed by atoms with van der Waals surface area (Å²) < 4.78 is 0.456. The van der Waals surface area contributed by atoms with Crippen LogP contribution in [-0.4, -0.2) is 10.5 Å². The van der Waals surface area contributed by atoms with Crippen LogP contribution in [0, 0.1) is 5.92 Å². The SMILES string of the molecule is CC(C)CCCCSC(C)(C)C. The molecule has 0 rings (SSSR count). The summed E-state index contributed by atoms with van der Waals surface area (Å²) in [5.41, 5.74) is 0. The average Bonchev–Trinajstić information content (AvgIpc) is 1.83. The van der Waals surface area contributed by atoms with Gasteiger partial charge in [0.1, 0.15) is 0 Å². The van der Waals surface area contributed by atoms with E-state index in [1.165, 1.54) is 25.0 Å². The molecule has 0 aromatic rings. The molecule has 0 aliphatic rings. The zero-order valence-electron chi connectivity index (χ0n) is 9.31. The molecule has 0 saturated heterocycles. The molecule has 0 unspecified atom stereocenters. The molecule has 1 heteroatoms. The fourth-order valence-corrected chi connectivity index (χ4v) is 1.99. The third-order valence-electron chi connectivity index (χ3n) is 1.71. The summed E-state index contributed by atoms with van der Waals surface area (Å²) in [5.74, 6) is 2.21. The summed E-state index contributed by atoms with van der Waals surface area (Å²) in [4.78, 5) is 0. The van der Waals surface area contributed by atoms with Gasteiger partial charge >= 0.3 is 0 Å². The van der Waals surface area contributed by atoms with Crippen LogP contribution in [0.4, 0.5) is 0 Å². The Morgan fingerprint density at radius 1 is 1.08 bits per heavy atom. The topological polar surface area (TPSA) is 0 Å². The number of hydrogen-bond donors (Lipinski definition) is 0. The molecule has 0 radical (unpaired) electrons. The highest BCUT2D eigenvalue weighted by Crippen LogP contribution is 2.24. The van der Waals surface area contributed by atoms with E-state index in [1.54, 1.807) is 0 Å². The first-order valence-electron chi connectivity index (χ1n) is 5.06. The van der Waals surface area contributed by atoms with E-state index in [0.29, 0.717) is 4.75 Å². The summed E-state index contributed by atoms with van der Waals surface area (Å²) in [5, 5.41) is 0. The maximum atomic E-state index is 2.30. The largest absolute Gasteiger partial charge is 0.156 e. The lowest BCUT2D eigenvalue weighted by Crippen LogP contribution is -2.08. The predicted octanol–water partition coefficient (Wildman–Crippen LogP) is 4.34. The number of hydrogen-bond acceptors (Lipinski definition) is 1. The molecule has 0 spiro atoms. The summed E-state index contributed by atoms with van der Waals surface area (Å²) in [6, 6.07) is 0. The Bertz CT molecular complexity index is 100. The van der Waals surface area contributed by atoms with Crippen molar-refractivity contribution in [3.05, 3.63) is 0 Å². The summed E-state index contributed by atoms with van der Waals surface area (Å²) in [6.45, 7) is 11.5. The van der Waals surface area contributed by atoms with E-state index < -0.39 is 0 Å². The van der Waals surface area contributed by atoms with Gasteiger partial charge in [-0.25, -0.2) is 0 Å². The monoisotopic (exact) mass is 188 g/mol. The van der Waals surface area contributed by atoms with Gasteiger partial charge in [0.2, 0.25) is 0 Å². The van der Waals surface area contributed by atoms with Crippen LogP contribution in [0.1, 0.15) is 53.9 Å². The molecule has 0 heterocycles. The minimum absolute atomic E-state index is 0.456. The van der Waals surface area contributed by atoms with Crippen LogP contribution in [0.3, 0.4) is 0 Å². The minimum Gasteiger partial charge on any atom is -0.156 e. The van der Waals surface area contributed by atoms with E-state index in [4.69, 9.17) is 0 Å². The van der Waals surface area contributed by atoms with E-state index in [2.05, 4.69) is 46.4 Å². The van der Waals surface area contributed by atoms with Crippen LogP contribution in [-0.2, 0) is 0 Å². The molecule has 0 aliphatic carbocycles. The third kappa shape index (κ3) is 10.3. The standard InChI is InChI=1S/C11H24S/c1-10(2)8-6-7-9-12-11(3,4)5/h10H,6-9H2,1-5H3. The molecule has 0 amide bonds. The van der Waals surface area contributed by atoms with Crippen molar-refractivity contribution < 1.29 is 0 Å². The van der Waals surface area contributed by atoms with Gasteiger partial charge < -0.3 is 0 Å². The maximum Gasteiger partial charge on any atom is 0.00750 e. The second-order valence-electron chi connectivity index (χ2n) is 4.85. The Morgan fingerprint density at radius 3 is 2.08 bits per heavy atom. The van der Waals surface area contributed by atoms with Crippen molar-refractivity contribution >= 4 is 11.8 Å². The number of thioether (sulfide) groups is 1. The Kier molecular flexibility index (Phi) is 6.08. The first kappa shape index (κ1) is 12.3. The smallest absolute Gasteiger partial charge is 0.00750 e. The Hall–Kier alpha value is 0.350. The van der Waals surface area contributed by atoms with Crippen LogP contribution in [0.5, 0.6) is 0 Å². The average molecular weight is 188 g/mol. The van der Waals surface area contributed by atoms with Crippen LogP contribution < -0.4 is 0 Å². The lowest BCUT2D eigenvalue weighted by atomic mass is 10.1. The lowest BCUT2D eigenvalue weighted by Gasteiger charge is -2.17. The van der Waals surface area contributed by atoms with Gasteiger partial charge in [-0.3, -0.25) is 0 Å². The van der Waals surface area contributed by atoms with Crippen molar-refractivity contribution in [2.24, 2.45) is 5.92 Å². The van der Waals surface area contributed by atoms with E-state index >= 15 is 0 Å². The first-order chi connectivity index (χ1) is 5.42. The van der Waals surface area contributed by atoms with Crippen molar-refractivity contribution in [3.8, 4) is 0 Å². The van der Waals surface area contributed by atoms with E-state index in [9.17, 15) is 0 Å². The molecule has 0 saturated carbocycles. The summed E-state index contributed by atoms with van der Waals surface area (Å²) in [6.07, 6.45) is 4.19. The second-order valence-corrected chi connectivity index (χ2v) is 6.77. The molecule has 0 nitrogen and oxygen atoms in total. The fourth-order valence-electron chi connectivity index (χ4n) is 1.03. The first-order valence-corrected chi connectivity index (χ1v) is 6.04. The fraction of sp³-hybridized carbons (Fsp3) is 1.00. The van der Waals surface area contributed by atoms with Crippen molar-refractivity contribution in [1.29, 1.82) is 0 Å². The van der Waals surface area contributed by atoms with Crippen molar-refractivity contribution in [2.75, 3.05) is 5.75 Å². The summed E-state index contributed by atoms with van der Waals surface area (Å²) in [7, 11) is 0. The highest BCUT2D eigenvalue weighted by atomic mass is 32.2. The molecule has 0 aromatic heterocycles. The van der Waals surface area contributed by atoms with Gasteiger partial charge in [0.25, 0.3) is 0 Å². The molecule has 12 heavy (non-hydrogen) atoms. The zero-order valence-corrected chi connectivity index (χ0v) is 10.1. The van der Waals surface area contributed by atoms with E-state index in [-0.39, 0.29) is 0 Å². The van der Waals surface area contributed by atoms with Gasteiger partial charge in [-0.1, -0.05) is 47.5 Å². The van der Waals surface area contributed by atoms with Gasteiger partial charge in [0, 0.05) is 4.75 Å². The predicted molar refractivity (Wildman–Crippen MR) is 60.9 cm³/mol. The molecule has 0 N–H and O–H groups in total. The highest BCUT2D eigenvalue weighted by molar-refractivity contribution is 8.00. The molecular formula is C11H24S. The normalized spacial score (nSPS) is 12.5. The van der Waals surface area contributed by atoms with Crippen molar-refractivity contribution in [2.45, 2.75) is 58.6 Å². The van der Waals surface area contributed by atoms with Crippen LogP contribution in [0.25, 0.3) is 0 Å². The molecule has 0 atom stereocenters. The highest BCUT2D eigenvalue weighted by Gasteiger charge is 2.09.